The smallest absolute Gasteiger partial charge is 0.550 e. The van der Waals surface area contributed by atoms with Gasteiger partial charge in [-0.15, -0.1) is 10.2 Å². The monoisotopic (exact) mass is 339 g/mol. The van der Waals surface area contributed by atoms with Gasteiger partial charge in [-0.05, 0) is 44.7 Å². The number of anilines is 1. The fourth-order valence-corrected chi connectivity index (χ4v) is 1.93. The van der Waals surface area contributed by atoms with Crippen molar-refractivity contribution >= 4 is 17.4 Å². The van der Waals surface area contributed by atoms with Crippen LogP contribution in [0.15, 0.2) is 36.9 Å². The first-order valence-corrected chi connectivity index (χ1v) is 7.32. The predicted octanol–water partition coefficient (Wildman–Crippen LogP) is -0.733. The summed E-state index contributed by atoms with van der Waals surface area (Å²) < 4.78 is 0. The number of nitrogens with zero attached hydrogens (tertiary/aromatic N) is 2. The number of aryl methyl sites for hydroxylation is 1. The molecule has 0 aliphatic heterocycles. The maximum absolute atomic E-state index is 10.3. The Balaban J connectivity index is 0.00000484. The van der Waals surface area contributed by atoms with Gasteiger partial charge in [0.2, 0.25) is 0 Å². The maximum atomic E-state index is 10.3. The molecule has 0 fully saturated rings. The molecular formula is C17H22KN3O2. The fourth-order valence-electron chi connectivity index (χ4n) is 1.93. The fraction of sp³-hybridized carbons (Fsp3) is 0.353. The number of carboxylic acids is 1. The Morgan fingerprint density at radius 1 is 1.39 bits per heavy atom. The van der Waals surface area contributed by atoms with Crippen LogP contribution in [0.1, 0.15) is 37.4 Å². The van der Waals surface area contributed by atoms with E-state index in [0.29, 0.717) is 13.0 Å². The molecule has 0 atom stereocenters. The second-order valence-corrected chi connectivity index (χ2v) is 4.87. The summed E-state index contributed by atoms with van der Waals surface area (Å²) in [5, 5.41) is 21.9. The minimum absolute atomic E-state index is 0. The van der Waals surface area contributed by atoms with E-state index in [2.05, 4.69) is 22.1 Å². The summed E-state index contributed by atoms with van der Waals surface area (Å²) in [6.07, 6.45) is 8.93. The number of carbonyl (C=O) groups excluding carboxylic acids is 1. The second-order valence-electron chi connectivity index (χ2n) is 4.87. The standard InChI is InChI=1S/C17H23N3O2.K/c1-4-8-14(9-5-2)15-12-13(3)17(20-19-15)18-11-7-6-10-16(21)22;/h4-5,8-9,12H,1,6-7,10-11H2,2-3H3,(H,18,20)(H,21,22);/q;+1/p-1/b9-5-,14-8+;. The van der Waals surface area contributed by atoms with Crippen molar-refractivity contribution in [1.29, 1.82) is 0 Å². The molecule has 118 valence electrons. The van der Waals surface area contributed by atoms with Crippen LogP contribution in [0.3, 0.4) is 0 Å². The zero-order valence-electron chi connectivity index (χ0n) is 14.1. The summed E-state index contributed by atoms with van der Waals surface area (Å²) in [6, 6.07) is 1.96. The Bertz CT molecular complexity index is 583. The molecule has 0 aliphatic rings. The largest absolute Gasteiger partial charge is 1.00 e. The van der Waals surface area contributed by atoms with Crippen molar-refractivity contribution in [2.24, 2.45) is 0 Å². The quantitative estimate of drug-likeness (QED) is 0.364. The molecule has 0 unspecified atom stereocenters. The number of aliphatic carboxylic acids is 1. The maximum Gasteiger partial charge on any atom is 1.00 e. The Labute approximate surface area is 180 Å². The van der Waals surface area contributed by atoms with Gasteiger partial charge in [-0.2, -0.15) is 0 Å². The number of unbranched alkanes of at least 4 members (excludes halogenated alkanes) is 1. The third-order valence-electron chi connectivity index (χ3n) is 3.02. The topological polar surface area (TPSA) is 77.9 Å². The number of allylic oxidation sites excluding steroid dienone is 5. The minimum atomic E-state index is -1.01. The Morgan fingerprint density at radius 3 is 2.70 bits per heavy atom. The summed E-state index contributed by atoms with van der Waals surface area (Å²) in [7, 11) is 0. The number of hydrogen-bond donors (Lipinski definition) is 1. The van der Waals surface area contributed by atoms with E-state index in [4.69, 9.17) is 0 Å². The molecule has 5 nitrogen and oxygen atoms in total. The molecule has 1 heterocycles. The van der Waals surface area contributed by atoms with Gasteiger partial charge in [0.15, 0.2) is 5.82 Å². The normalized spacial score (nSPS) is 11.1. The van der Waals surface area contributed by atoms with Crippen LogP contribution in [-0.2, 0) is 4.79 Å². The summed E-state index contributed by atoms with van der Waals surface area (Å²) in [4.78, 5) is 10.3. The molecule has 1 aromatic heterocycles. The SMILES string of the molecule is C=C/C=C(\C=C/C)c1cc(C)c(NCCCCC(=O)[O-])nn1.[K+]. The zero-order valence-corrected chi connectivity index (χ0v) is 17.3. The molecule has 0 saturated heterocycles. The summed E-state index contributed by atoms with van der Waals surface area (Å²) in [5.41, 5.74) is 2.73. The molecular weight excluding hydrogens is 317 g/mol. The molecule has 0 saturated carbocycles. The van der Waals surface area contributed by atoms with Crippen LogP contribution in [0.25, 0.3) is 5.57 Å². The van der Waals surface area contributed by atoms with Gasteiger partial charge in [-0.3, -0.25) is 0 Å². The summed E-state index contributed by atoms with van der Waals surface area (Å²) in [6.45, 7) is 8.27. The van der Waals surface area contributed by atoms with E-state index in [9.17, 15) is 9.90 Å². The van der Waals surface area contributed by atoms with Crippen molar-refractivity contribution in [3.05, 3.63) is 48.2 Å². The van der Waals surface area contributed by atoms with Crippen molar-refractivity contribution in [1.82, 2.24) is 10.2 Å². The van der Waals surface area contributed by atoms with Gasteiger partial charge < -0.3 is 15.2 Å². The first-order chi connectivity index (χ1) is 10.6. The number of carboxylic acid groups (broad SMARTS) is 1. The number of hydrogen-bond acceptors (Lipinski definition) is 5. The molecule has 23 heavy (non-hydrogen) atoms. The summed E-state index contributed by atoms with van der Waals surface area (Å²) in [5.74, 6) is -0.290. The van der Waals surface area contributed by atoms with E-state index >= 15 is 0 Å². The van der Waals surface area contributed by atoms with E-state index in [-0.39, 0.29) is 57.8 Å². The predicted molar refractivity (Wildman–Crippen MR) is 87.1 cm³/mol. The van der Waals surface area contributed by atoms with Gasteiger partial charge >= 0.3 is 51.4 Å². The van der Waals surface area contributed by atoms with Crippen LogP contribution < -0.4 is 61.8 Å². The average molecular weight is 339 g/mol. The van der Waals surface area contributed by atoms with Crippen molar-refractivity contribution in [2.75, 3.05) is 11.9 Å². The molecule has 0 aliphatic carbocycles. The molecule has 0 radical (unpaired) electrons. The van der Waals surface area contributed by atoms with Gasteiger partial charge in [-0.1, -0.05) is 30.9 Å². The van der Waals surface area contributed by atoms with E-state index in [1.54, 1.807) is 6.08 Å². The average Bonchev–Trinajstić information content (AvgIpc) is 2.48. The van der Waals surface area contributed by atoms with E-state index in [0.717, 1.165) is 29.1 Å². The molecule has 1 rings (SSSR count). The van der Waals surface area contributed by atoms with Crippen LogP contribution in [0.2, 0.25) is 0 Å². The second kappa shape index (κ2) is 12.6. The third-order valence-corrected chi connectivity index (χ3v) is 3.02. The summed E-state index contributed by atoms with van der Waals surface area (Å²) >= 11 is 0. The Kier molecular flexibility index (Phi) is 12.2. The van der Waals surface area contributed by atoms with E-state index < -0.39 is 5.97 Å². The van der Waals surface area contributed by atoms with E-state index in [1.807, 2.05) is 38.1 Å². The molecule has 6 heteroatoms. The van der Waals surface area contributed by atoms with Gasteiger partial charge in [0, 0.05) is 18.1 Å². The molecule has 1 N–H and O–H groups in total. The number of aromatic nitrogens is 2. The number of nitrogens with one attached hydrogen (secondary N) is 1. The van der Waals surface area contributed by atoms with E-state index in [1.165, 1.54) is 0 Å². The molecule has 0 aromatic carbocycles. The zero-order chi connectivity index (χ0) is 16.4. The molecule has 0 bridgehead atoms. The van der Waals surface area contributed by atoms with Crippen molar-refractivity contribution < 1.29 is 61.3 Å². The minimum Gasteiger partial charge on any atom is -0.550 e. The Hall–Kier alpha value is -0.794. The third kappa shape index (κ3) is 8.57. The van der Waals surface area contributed by atoms with Gasteiger partial charge in [0.05, 0.1) is 5.69 Å². The van der Waals surface area contributed by atoms with Crippen molar-refractivity contribution in [3.63, 3.8) is 0 Å². The number of rotatable bonds is 9. The van der Waals surface area contributed by atoms with Crippen molar-refractivity contribution in [2.45, 2.75) is 33.1 Å². The number of carbonyl (C=O) groups is 1. The van der Waals surface area contributed by atoms with Crippen LogP contribution in [0, 0.1) is 6.92 Å². The molecule has 0 spiro atoms. The molecule has 0 amide bonds. The van der Waals surface area contributed by atoms with Gasteiger partial charge in [0.25, 0.3) is 0 Å². The van der Waals surface area contributed by atoms with Crippen LogP contribution >= 0.6 is 0 Å². The first-order valence-electron chi connectivity index (χ1n) is 7.32. The van der Waals surface area contributed by atoms with Crippen LogP contribution in [0.4, 0.5) is 5.82 Å². The van der Waals surface area contributed by atoms with Gasteiger partial charge in [0.1, 0.15) is 0 Å². The first kappa shape index (κ1) is 22.2. The van der Waals surface area contributed by atoms with Crippen LogP contribution in [-0.4, -0.2) is 22.7 Å². The van der Waals surface area contributed by atoms with Gasteiger partial charge in [-0.25, -0.2) is 0 Å². The molecule has 1 aromatic rings. The van der Waals surface area contributed by atoms with Crippen molar-refractivity contribution in [3.8, 4) is 0 Å². The Morgan fingerprint density at radius 2 is 2.13 bits per heavy atom. The van der Waals surface area contributed by atoms with Crippen LogP contribution in [0.5, 0.6) is 0 Å².